The second-order valence-electron chi connectivity index (χ2n) is 6.12. The Balaban J connectivity index is 0.00000288. The van der Waals surface area contributed by atoms with Crippen LogP contribution in [-0.2, 0) is 0 Å². The minimum absolute atomic E-state index is 0. The van der Waals surface area contributed by atoms with E-state index in [2.05, 4.69) is 32.9 Å². The van der Waals surface area contributed by atoms with Crippen LogP contribution in [0.15, 0.2) is 10.5 Å². The molecule has 1 amide bonds. The number of hydrogen-bond acceptors (Lipinski definition) is 4. The number of thiazole rings is 1. The normalized spacial score (nSPS) is 20.9. The molecule has 1 heterocycles. The van der Waals surface area contributed by atoms with E-state index in [1.807, 2.05) is 6.92 Å². The summed E-state index contributed by atoms with van der Waals surface area (Å²) in [4.78, 5) is 21.0. The highest BCUT2D eigenvalue weighted by Crippen LogP contribution is 2.23. The molecule has 1 aromatic heterocycles. The highest BCUT2D eigenvalue weighted by atomic mass is 127. The maximum absolute atomic E-state index is 12.0. The number of guanidine groups is 1. The second kappa shape index (κ2) is 10.9. The van der Waals surface area contributed by atoms with Crippen molar-refractivity contribution in [3.63, 3.8) is 0 Å². The summed E-state index contributed by atoms with van der Waals surface area (Å²) in [6.07, 6.45) is 4.95. The third kappa shape index (κ3) is 6.54. The van der Waals surface area contributed by atoms with Crippen molar-refractivity contribution >= 4 is 47.2 Å². The maximum atomic E-state index is 12.0. The molecule has 0 saturated heterocycles. The van der Waals surface area contributed by atoms with Crippen LogP contribution in [0.2, 0.25) is 0 Å². The minimum atomic E-state index is -0.0592. The molecular weight excluding hydrogens is 437 g/mol. The van der Waals surface area contributed by atoms with Gasteiger partial charge in [0.1, 0.15) is 4.88 Å². The Labute approximate surface area is 165 Å². The number of aliphatic imine (C=N–C) groups is 1. The molecular formula is C16H28IN5OS. The van der Waals surface area contributed by atoms with Crippen LogP contribution in [0, 0.1) is 12.8 Å². The van der Waals surface area contributed by atoms with Gasteiger partial charge < -0.3 is 16.0 Å². The van der Waals surface area contributed by atoms with Gasteiger partial charge >= 0.3 is 0 Å². The molecule has 8 heteroatoms. The number of carbonyl (C=O) groups excluding carboxylic acids is 1. The molecule has 1 fully saturated rings. The van der Waals surface area contributed by atoms with Crippen molar-refractivity contribution < 1.29 is 4.79 Å². The van der Waals surface area contributed by atoms with Crippen LogP contribution in [0.5, 0.6) is 0 Å². The zero-order valence-corrected chi connectivity index (χ0v) is 17.7. The minimum Gasteiger partial charge on any atom is -0.355 e. The van der Waals surface area contributed by atoms with E-state index in [1.54, 1.807) is 12.6 Å². The first kappa shape index (κ1) is 21.1. The first-order valence-corrected chi connectivity index (χ1v) is 9.13. The lowest BCUT2D eigenvalue weighted by atomic mass is 9.87. The number of nitrogens with zero attached hydrogens (tertiary/aromatic N) is 2. The van der Waals surface area contributed by atoms with E-state index < -0.39 is 0 Å². The van der Waals surface area contributed by atoms with Crippen LogP contribution in [-0.4, -0.2) is 43.0 Å². The Hall–Kier alpha value is -0.900. The van der Waals surface area contributed by atoms with Crippen LogP contribution in [0.4, 0.5) is 0 Å². The van der Waals surface area contributed by atoms with E-state index in [4.69, 9.17) is 0 Å². The number of aromatic nitrogens is 1. The molecule has 0 aliphatic heterocycles. The third-order valence-electron chi connectivity index (χ3n) is 4.24. The lowest BCUT2D eigenvalue weighted by molar-refractivity contribution is 0.0957. The highest BCUT2D eigenvalue weighted by Gasteiger charge is 2.18. The maximum Gasteiger partial charge on any atom is 0.263 e. The third-order valence-corrected chi connectivity index (χ3v) is 5.16. The summed E-state index contributed by atoms with van der Waals surface area (Å²) in [5.74, 6) is 1.59. The number of rotatable bonds is 5. The summed E-state index contributed by atoms with van der Waals surface area (Å²) in [6, 6.07) is 0.506. The second-order valence-corrected chi connectivity index (χ2v) is 6.98. The highest BCUT2D eigenvalue weighted by molar-refractivity contribution is 14.0. The van der Waals surface area contributed by atoms with Crippen molar-refractivity contribution in [1.29, 1.82) is 0 Å². The molecule has 3 N–H and O–H groups in total. The summed E-state index contributed by atoms with van der Waals surface area (Å²) in [5.41, 5.74) is 2.48. The molecule has 1 aliphatic rings. The summed E-state index contributed by atoms with van der Waals surface area (Å²) in [7, 11) is 1.78. The molecule has 6 nitrogen and oxygen atoms in total. The van der Waals surface area contributed by atoms with Crippen LogP contribution in [0.25, 0.3) is 0 Å². The molecule has 2 rings (SSSR count). The van der Waals surface area contributed by atoms with Gasteiger partial charge in [-0.05, 0) is 38.5 Å². The van der Waals surface area contributed by atoms with Crippen molar-refractivity contribution in [2.45, 2.75) is 45.6 Å². The molecule has 0 unspecified atom stereocenters. The summed E-state index contributed by atoms with van der Waals surface area (Å²) < 4.78 is 0. The Morgan fingerprint density at radius 2 is 1.96 bits per heavy atom. The standard InChI is InChI=1S/C16H27N5OS.HI/c1-11-4-6-13(7-5-11)21-16(17-3)19-9-8-18-15(22)14-12(2)20-10-23-14;/h10-11,13H,4-9H2,1-3H3,(H,18,22)(H2,17,19,21);1H. The van der Waals surface area contributed by atoms with E-state index in [1.165, 1.54) is 37.0 Å². The molecule has 1 aliphatic carbocycles. The van der Waals surface area contributed by atoms with E-state index in [0.717, 1.165) is 17.6 Å². The van der Waals surface area contributed by atoms with Gasteiger partial charge in [0.15, 0.2) is 5.96 Å². The van der Waals surface area contributed by atoms with Gasteiger partial charge in [-0.1, -0.05) is 6.92 Å². The van der Waals surface area contributed by atoms with Gasteiger partial charge in [-0.15, -0.1) is 35.3 Å². The quantitative estimate of drug-likeness (QED) is 0.270. The lowest BCUT2D eigenvalue weighted by Crippen LogP contribution is -2.46. The van der Waals surface area contributed by atoms with Gasteiger partial charge in [-0.3, -0.25) is 9.79 Å². The molecule has 0 spiro atoms. The van der Waals surface area contributed by atoms with Gasteiger partial charge in [-0.25, -0.2) is 4.98 Å². The zero-order valence-electron chi connectivity index (χ0n) is 14.6. The number of carbonyl (C=O) groups is 1. The molecule has 1 saturated carbocycles. The summed E-state index contributed by atoms with van der Waals surface area (Å²) in [5, 5.41) is 9.63. The smallest absolute Gasteiger partial charge is 0.263 e. The van der Waals surface area contributed by atoms with Crippen LogP contribution in [0.1, 0.15) is 48.0 Å². The average molecular weight is 465 g/mol. The van der Waals surface area contributed by atoms with Gasteiger partial charge in [-0.2, -0.15) is 0 Å². The first-order chi connectivity index (χ1) is 11.1. The van der Waals surface area contributed by atoms with Crippen LogP contribution >= 0.6 is 35.3 Å². The van der Waals surface area contributed by atoms with Crippen molar-refractivity contribution in [1.82, 2.24) is 20.9 Å². The Morgan fingerprint density at radius 1 is 1.29 bits per heavy atom. The number of hydrogen-bond donors (Lipinski definition) is 3. The first-order valence-electron chi connectivity index (χ1n) is 8.25. The fourth-order valence-electron chi connectivity index (χ4n) is 2.75. The van der Waals surface area contributed by atoms with Gasteiger partial charge in [0, 0.05) is 26.2 Å². The van der Waals surface area contributed by atoms with Crippen molar-refractivity contribution in [2.75, 3.05) is 20.1 Å². The van der Waals surface area contributed by atoms with Gasteiger partial charge in [0.25, 0.3) is 5.91 Å². The van der Waals surface area contributed by atoms with E-state index >= 15 is 0 Å². The van der Waals surface area contributed by atoms with Gasteiger partial charge in [0.2, 0.25) is 0 Å². The Bertz CT molecular complexity index is 540. The van der Waals surface area contributed by atoms with E-state index in [-0.39, 0.29) is 29.9 Å². The molecule has 0 atom stereocenters. The molecule has 0 radical (unpaired) electrons. The largest absolute Gasteiger partial charge is 0.355 e. The molecule has 0 bridgehead atoms. The topological polar surface area (TPSA) is 78.4 Å². The average Bonchev–Trinajstić information content (AvgIpc) is 2.98. The van der Waals surface area contributed by atoms with Crippen molar-refractivity contribution in [3.05, 3.63) is 16.1 Å². The number of aryl methyl sites for hydroxylation is 1. The molecule has 136 valence electrons. The number of nitrogens with one attached hydrogen (secondary N) is 3. The van der Waals surface area contributed by atoms with Crippen molar-refractivity contribution in [3.8, 4) is 0 Å². The van der Waals surface area contributed by atoms with E-state index in [0.29, 0.717) is 24.0 Å². The number of halogens is 1. The van der Waals surface area contributed by atoms with Crippen LogP contribution < -0.4 is 16.0 Å². The fraction of sp³-hybridized carbons (Fsp3) is 0.688. The van der Waals surface area contributed by atoms with Crippen LogP contribution in [0.3, 0.4) is 0 Å². The Morgan fingerprint density at radius 3 is 2.54 bits per heavy atom. The lowest BCUT2D eigenvalue weighted by Gasteiger charge is -2.28. The molecule has 24 heavy (non-hydrogen) atoms. The summed E-state index contributed by atoms with van der Waals surface area (Å²) in [6.45, 7) is 5.36. The predicted octanol–water partition coefficient (Wildman–Crippen LogP) is 2.54. The van der Waals surface area contributed by atoms with E-state index in [9.17, 15) is 4.79 Å². The monoisotopic (exact) mass is 465 g/mol. The predicted molar refractivity (Wildman–Crippen MR) is 111 cm³/mol. The number of amides is 1. The van der Waals surface area contributed by atoms with Gasteiger partial charge in [0.05, 0.1) is 11.2 Å². The fourth-order valence-corrected chi connectivity index (χ4v) is 3.47. The molecule has 0 aromatic carbocycles. The zero-order chi connectivity index (χ0) is 16.7. The molecule has 1 aromatic rings. The SMILES string of the molecule is CN=C(NCCNC(=O)c1scnc1C)NC1CCC(C)CC1.I. The van der Waals surface area contributed by atoms with Crippen molar-refractivity contribution in [2.24, 2.45) is 10.9 Å². The summed E-state index contributed by atoms with van der Waals surface area (Å²) >= 11 is 1.37. The Kier molecular flexibility index (Phi) is 9.57.